The van der Waals surface area contributed by atoms with Crippen LogP contribution in [-0.4, -0.2) is 6.61 Å². The van der Waals surface area contributed by atoms with E-state index in [0.29, 0.717) is 0 Å². The molecule has 82 valence electrons. The van der Waals surface area contributed by atoms with E-state index in [2.05, 4.69) is 15.9 Å². The molecule has 15 heavy (non-hydrogen) atoms. The molecule has 0 amide bonds. The lowest BCUT2D eigenvalue weighted by Gasteiger charge is -2.14. The highest BCUT2D eigenvalue weighted by atomic mass is 79.9. The SMILES string of the molecule is C[C@@H](N)c1cc(Br)ccc1OCC1CC1. The maximum atomic E-state index is 5.90. The monoisotopic (exact) mass is 269 g/mol. The topological polar surface area (TPSA) is 35.2 Å². The Hall–Kier alpha value is -0.540. The first kappa shape index (κ1) is 11.0. The second-order valence-corrected chi connectivity index (χ2v) is 5.14. The van der Waals surface area contributed by atoms with Crippen molar-refractivity contribution >= 4 is 15.9 Å². The molecule has 2 N–H and O–H groups in total. The molecular weight excluding hydrogens is 254 g/mol. The molecule has 0 heterocycles. The van der Waals surface area contributed by atoms with Crippen LogP contribution >= 0.6 is 15.9 Å². The first-order chi connectivity index (χ1) is 7.16. The molecule has 1 aromatic carbocycles. The molecular formula is C12H16BrNO. The summed E-state index contributed by atoms with van der Waals surface area (Å²) < 4.78 is 6.83. The van der Waals surface area contributed by atoms with E-state index in [1.807, 2.05) is 25.1 Å². The van der Waals surface area contributed by atoms with E-state index in [0.717, 1.165) is 28.3 Å². The number of rotatable bonds is 4. The summed E-state index contributed by atoms with van der Waals surface area (Å²) in [5.41, 5.74) is 6.98. The fourth-order valence-electron chi connectivity index (χ4n) is 1.50. The highest BCUT2D eigenvalue weighted by molar-refractivity contribution is 9.10. The molecule has 1 fully saturated rings. The Bertz CT molecular complexity index is 347. The van der Waals surface area contributed by atoms with Crippen LogP contribution in [0, 0.1) is 5.92 Å². The van der Waals surface area contributed by atoms with Gasteiger partial charge in [-0.3, -0.25) is 0 Å². The number of nitrogens with two attached hydrogens (primary N) is 1. The summed E-state index contributed by atoms with van der Waals surface area (Å²) >= 11 is 3.45. The van der Waals surface area contributed by atoms with Crippen molar-refractivity contribution in [3.05, 3.63) is 28.2 Å². The van der Waals surface area contributed by atoms with E-state index in [1.54, 1.807) is 0 Å². The molecule has 0 unspecified atom stereocenters. The van der Waals surface area contributed by atoms with Crippen LogP contribution in [0.25, 0.3) is 0 Å². The van der Waals surface area contributed by atoms with Crippen molar-refractivity contribution in [1.82, 2.24) is 0 Å². The maximum Gasteiger partial charge on any atom is 0.124 e. The van der Waals surface area contributed by atoms with Crippen LogP contribution in [0.3, 0.4) is 0 Å². The quantitative estimate of drug-likeness (QED) is 0.911. The minimum Gasteiger partial charge on any atom is -0.493 e. The number of hydrogen-bond donors (Lipinski definition) is 1. The third kappa shape index (κ3) is 2.95. The Morgan fingerprint density at radius 2 is 2.27 bits per heavy atom. The second kappa shape index (κ2) is 4.54. The van der Waals surface area contributed by atoms with E-state index in [1.165, 1.54) is 12.8 Å². The van der Waals surface area contributed by atoms with Gasteiger partial charge in [-0.25, -0.2) is 0 Å². The Morgan fingerprint density at radius 1 is 1.53 bits per heavy atom. The zero-order chi connectivity index (χ0) is 10.8. The van der Waals surface area contributed by atoms with Gasteiger partial charge in [0.05, 0.1) is 6.61 Å². The highest BCUT2D eigenvalue weighted by Gasteiger charge is 2.22. The minimum atomic E-state index is 0.0108. The first-order valence-corrected chi connectivity index (χ1v) is 6.14. The lowest BCUT2D eigenvalue weighted by Crippen LogP contribution is -2.09. The van der Waals surface area contributed by atoms with Crippen molar-refractivity contribution < 1.29 is 4.74 Å². The summed E-state index contributed by atoms with van der Waals surface area (Å²) in [6, 6.07) is 6.03. The average molecular weight is 270 g/mol. The van der Waals surface area contributed by atoms with Crippen molar-refractivity contribution in [2.24, 2.45) is 11.7 Å². The van der Waals surface area contributed by atoms with Crippen molar-refractivity contribution in [3.63, 3.8) is 0 Å². The van der Waals surface area contributed by atoms with Crippen LogP contribution in [0.5, 0.6) is 5.75 Å². The molecule has 1 atom stereocenters. The number of ether oxygens (including phenoxy) is 1. The van der Waals surface area contributed by atoms with Gasteiger partial charge in [-0.2, -0.15) is 0 Å². The zero-order valence-corrected chi connectivity index (χ0v) is 10.5. The predicted octanol–water partition coefficient (Wildman–Crippen LogP) is 3.26. The fourth-order valence-corrected chi connectivity index (χ4v) is 1.88. The maximum absolute atomic E-state index is 5.90. The van der Waals surface area contributed by atoms with Crippen LogP contribution in [0.4, 0.5) is 0 Å². The van der Waals surface area contributed by atoms with Crippen LogP contribution in [0.15, 0.2) is 22.7 Å². The largest absolute Gasteiger partial charge is 0.493 e. The van der Waals surface area contributed by atoms with Gasteiger partial charge in [0.2, 0.25) is 0 Å². The van der Waals surface area contributed by atoms with Crippen LogP contribution in [0.2, 0.25) is 0 Å². The Morgan fingerprint density at radius 3 is 2.87 bits per heavy atom. The number of benzene rings is 1. The van der Waals surface area contributed by atoms with E-state index in [-0.39, 0.29) is 6.04 Å². The van der Waals surface area contributed by atoms with Crippen molar-refractivity contribution in [1.29, 1.82) is 0 Å². The molecule has 1 aromatic rings. The van der Waals surface area contributed by atoms with Crippen molar-refractivity contribution in [3.8, 4) is 5.75 Å². The molecule has 1 aliphatic rings. The number of halogens is 1. The minimum absolute atomic E-state index is 0.0108. The lowest BCUT2D eigenvalue weighted by atomic mass is 10.1. The second-order valence-electron chi connectivity index (χ2n) is 4.23. The van der Waals surface area contributed by atoms with Crippen molar-refractivity contribution in [2.75, 3.05) is 6.61 Å². The van der Waals surface area contributed by atoms with Gasteiger partial charge < -0.3 is 10.5 Å². The molecule has 0 bridgehead atoms. The van der Waals surface area contributed by atoms with Crippen LogP contribution in [0.1, 0.15) is 31.4 Å². The first-order valence-electron chi connectivity index (χ1n) is 5.34. The van der Waals surface area contributed by atoms with E-state index in [9.17, 15) is 0 Å². The Balaban J connectivity index is 2.12. The number of hydrogen-bond acceptors (Lipinski definition) is 2. The summed E-state index contributed by atoms with van der Waals surface area (Å²) in [5, 5.41) is 0. The predicted molar refractivity (Wildman–Crippen MR) is 65.0 cm³/mol. The Labute approximate surface area is 98.9 Å². The van der Waals surface area contributed by atoms with Gasteiger partial charge in [0.1, 0.15) is 5.75 Å². The molecule has 0 radical (unpaired) electrons. The average Bonchev–Trinajstić information content (AvgIpc) is 2.99. The summed E-state index contributed by atoms with van der Waals surface area (Å²) in [6.45, 7) is 2.81. The molecule has 2 nitrogen and oxygen atoms in total. The zero-order valence-electron chi connectivity index (χ0n) is 8.87. The summed E-state index contributed by atoms with van der Waals surface area (Å²) in [6.07, 6.45) is 2.62. The van der Waals surface area contributed by atoms with Gasteiger partial charge >= 0.3 is 0 Å². The molecule has 3 heteroatoms. The Kier molecular flexibility index (Phi) is 3.32. The van der Waals surface area contributed by atoms with Gasteiger partial charge in [-0.1, -0.05) is 15.9 Å². The highest BCUT2D eigenvalue weighted by Crippen LogP contribution is 2.32. The van der Waals surface area contributed by atoms with E-state index >= 15 is 0 Å². The summed E-state index contributed by atoms with van der Waals surface area (Å²) in [4.78, 5) is 0. The van der Waals surface area contributed by atoms with Gasteiger partial charge in [0.15, 0.2) is 0 Å². The van der Waals surface area contributed by atoms with Gasteiger partial charge in [-0.05, 0) is 43.9 Å². The standard InChI is InChI=1S/C12H16BrNO/c1-8(14)11-6-10(13)4-5-12(11)15-7-9-2-3-9/h4-6,8-9H,2-3,7,14H2,1H3/t8-/m1/s1. The van der Waals surface area contributed by atoms with Gasteiger partial charge in [0.25, 0.3) is 0 Å². The fraction of sp³-hybridized carbons (Fsp3) is 0.500. The molecule has 2 rings (SSSR count). The van der Waals surface area contributed by atoms with E-state index in [4.69, 9.17) is 10.5 Å². The normalized spacial score (nSPS) is 17.5. The third-order valence-electron chi connectivity index (χ3n) is 2.63. The van der Waals surface area contributed by atoms with Gasteiger partial charge in [0, 0.05) is 16.1 Å². The smallest absolute Gasteiger partial charge is 0.124 e. The molecule has 1 aliphatic carbocycles. The van der Waals surface area contributed by atoms with Crippen LogP contribution < -0.4 is 10.5 Å². The summed E-state index contributed by atoms with van der Waals surface area (Å²) in [7, 11) is 0. The lowest BCUT2D eigenvalue weighted by molar-refractivity contribution is 0.295. The van der Waals surface area contributed by atoms with E-state index < -0.39 is 0 Å². The summed E-state index contributed by atoms with van der Waals surface area (Å²) in [5.74, 6) is 1.70. The van der Waals surface area contributed by atoms with Gasteiger partial charge in [-0.15, -0.1) is 0 Å². The molecule has 0 aliphatic heterocycles. The van der Waals surface area contributed by atoms with Crippen molar-refractivity contribution in [2.45, 2.75) is 25.8 Å². The van der Waals surface area contributed by atoms with Crippen LogP contribution in [-0.2, 0) is 0 Å². The third-order valence-corrected chi connectivity index (χ3v) is 3.13. The molecule has 0 aromatic heterocycles. The molecule has 1 saturated carbocycles. The molecule has 0 spiro atoms. The molecule has 0 saturated heterocycles.